The van der Waals surface area contributed by atoms with Crippen molar-refractivity contribution < 1.29 is 9.84 Å². The van der Waals surface area contributed by atoms with Crippen LogP contribution in [0.2, 0.25) is 0 Å². The van der Waals surface area contributed by atoms with Crippen LogP contribution < -0.4 is 10.1 Å². The van der Waals surface area contributed by atoms with Crippen LogP contribution in [0, 0.1) is 0 Å². The molecule has 1 aliphatic heterocycles. The molecule has 134 valence electrons. The Morgan fingerprint density at radius 1 is 1.12 bits per heavy atom. The minimum Gasteiger partial charge on any atom is -0.497 e. The Kier molecular flexibility index (Phi) is 4.87. The van der Waals surface area contributed by atoms with Crippen LogP contribution in [0.15, 0.2) is 54.6 Å². The lowest BCUT2D eigenvalue weighted by Gasteiger charge is -2.29. The van der Waals surface area contributed by atoms with Gasteiger partial charge < -0.3 is 15.2 Å². The van der Waals surface area contributed by atoms with Crippen LogP contribution in [-0.2, 0) is 0 Å². The molecular formula is C22H24N2O2. The van der Waals surface area contributed by atoms with Crippen molar-refractivity contribution in [3.8, 4) is 17.0 Å². The van der Waals surface area contributed by atoms with Crippen LogP contribution in [0.4, 0.5) is 0 Å². The number of ether oxygens (including phenoxy) is 1. The zero-order chi connectivity index (χ0) is 17.9. The Morgan fingerprint density at radius 3 is 2.65 bits per heavy atom. The molecule has 0 spiro atoms. The van der Waals surface area contributed by atoms with Crippen molar-refractivity contribution in [2.24, 2.45) is 0 Å². The number of aromatic nitrogens is 1. The average Bonchev–Trinajstić information content (AvgIpc) is 2.73. The van der Waals surface area contributed by atoms with Crippen LogP contribution in [0.3, 0.4) is 0 Å². The fraction of sp³-hybridized carbons (Fsp3) is 0.318. The van der Waals surface area contributed by atoms with Gasteiger partial charge in [0.25, 0.3) is 0 Å². The maximum atomic E-state index is 11.1. The third-order valence-corrected chi connectivity index (χ3v) is 5.18. The van der Waals surface area contributed by atoms with Crippen LogP contribution >= 0.6 is 0 Å². The second kappa shape index (κ2) is 7.44. The predicted octanol–water partition coefficient (Wildman–Crippen LogP) is 4.09. The first kappa shape index (κ1) is 17.0. The number of aliphatic hydroxyl groups is 1. The second-order valence-electron chi connectivity index (χ2n) is 6.84. The minimum absolute atomic E-state index is 0.0956. The summed E-state index contributed by atoms with van der Waals surface area (Å²) < 4.78 is 5.25. The van der Waals surface area contributed by atoms with E-state index in [0.29, 0.717) is 0 Å². The number of hydrogen-bond donors (Lipinski definition) is 2. The molecular weight excluding hydrogens is 324 g/mol. The van der Waals surface area contributed by atoms with Gasteiger partial charge in [0.05, 0.1) is 24.4 Å². The monoisotopic (exact) mass is 348 g/mol. The summed E-state index contributed by atoms with van der Waals surface area (Å²) in [5.41, 5.74) is 3.74. The quantitative estimate of drug-likeness (QED) is 0.746. The molecule has 3 aromatic rings. The van der Waals surface area contributed by atoms with Crippen LogP contribution in [0.25, 0.3) is 22.2 Å². The lowest BCUT2D eigenvalue weighted by atomic mass is 9.92. The van der Waals surface area contributed by atoms with E-state index in [0.717, 1.165) is 52.9 Å². The molecule has 26 heavy (non-hydrogen) atoms. The first-order valence-electron chi connectivity index (χ1n) is 9.22. The second-order valence-corrected chi connectivity index (χ2v) is 6.84. The standard InChI is InChI=1S/C22H24N2O2/c1-26-16-11-9-15(10-12-16)21-14-18(17-6-2-3-7-19(17)24-21)22(25)20-8-4-5-13-23-20/h2-3,6-7,9-12,14,20,22-23,25H,4-5,8,13H2,1H3/t20-,22-/m1/s1. The van der Waals surface area contributed by atoms with Crippen molar-refractivity contribution in [1.29, 1.82) is 0 Å². The number of nitrogens with zero attached hydrogens (tertiary/aromatic N) is 1. The number of fused-ring (bicyclic) bond motifs is 1. The lowest BCUT2D eigenvalue weighted by molar-refractivity contribution is 0.115. The van der Waals surface area contributed by atoms with Crippen molar-refractivity contribution in [2.75, 3.05) is 13.7 Å². The molecule has 1 saturated heterocycles. The van der Waals surface area contributed by atoms with Gasteiger partial charge in [-0.15, -0.1) is 0 Å². The summed E-state index contributed by atoms with van der Waals surface area (Å²) in [7, 11) is 1.66. The number of hydrogen-bond acceptors (Lipinski definition) is 4. The van der Waals surface area contributed by atoms with Crippen LogP contribution in [0.5, 0.6) is 5.75 Å². The van der Waals surface area contributed by atoms with E-state index < -0.39 is 6.10 Å². The molecule has 0 bridgehead atoms. The van der Waals surface area contributed by atoms with Gasteiger partial charge >= 0.3 is 0 Å². The highest BCUT2D eigenvalue weighted by atomic mass is 16.5. The zero-order valence-corrected chi connectivity index (χ0v) is 15.0. The van der Waals surface area contributed by atoms with E-state index in [1.165, 1.54) is 6.42 Å². The smallest absolute Gasteiger partial charge is 0.118 e. The number of benzene rings is 2. The summed E-state index contributed by atoms with van der Waals surface area (Å²) in [6, 6.07) is 18.0. The highest BCUT2D eigenvalue weighted by Gasteiger charge is 2.25. The van der Waals surface area contributed by atoms with Gasteiger partial charge in [0.1, 0.15) is 5.75 Å². The number of para-hydroxylation sites is 1. The zero-order valence-electron chi connectivity index (χ0n) is 15.0. The van der Waals surface area contributed by atoms with E-state index in [1.807, 2.05) is 54.6 Å². The van der Waals surface area contributed by atoms with Crippen molar-refractivity contribution in [2.45, 2.75) is 31.4 Å². The molecule has 2 heterocycles. The third-order valence-electron chi connectivity index (χ3n) is 5.18. The van der Waals surface area contributed by atoms with Gasteiger partial charge in [-0.05, 0) is 61.3 Å². The molecule has 4 nitrogen and oxygen atoms in total. The van der Waals surface area contributed by atoms with Crippen LogP contribution in [-0.4, -0.2) is 29.8 Å². The van der Waals surface area contributed by atoms with Crippen molar-refractivity contribution in [3.05, 3.63) is 60.2 Å². The van der Waals surface area contributed by atoms with E-state index in [-0.39, 0.29) is 6.04 Å². The number of piperidine rings is 1. The molecule has 1 aromatic heterocycles. The lowest BCUT2D eigenvalue weighted by Crippen LogP contribution is -2.38. The Bertz CT molecular complexity index is 886. The minimum atomic E-state index is -0.541. The molecule has 0 unspecified atom stereocenters. The molecule has 1 fully saturated rings. The molecule has 0 amide bonds. The van der Waals surface area contributed by atoms with Gasteiger partial charge in [0.15, 0.2) is 0 Å². The number of nitrogens with one attached hydrogen (secondary N) is 1. The Labute approximate surface area is 153 Å². The van der Waals surface area contributed by atoms with Crippen molar-refractivity contribution in [1.82, 2.24) is 10.3 Å². The summed E-state index contributed by atoms with van der Waals surface area (Å²) in [6.45, 7) is 0.968. The normalized spacial score (nSPS) is 18.6. The number of aliphatic hydroxyl groups excluding tert-OH is 1. The molecule has 2 N–H and O–H groups in total. The third kappa shape index (κ3) is 3.30. The summed E-state index contributed by atoms with van der Waals surface area (Å²) in [5, 5.41) is 15.6. The summed E-state index contributed by atoms with van der Waals surface area (Å²) in [4.78, 5) is 4.82. The number of rotatable bonds is 4. The average molecular weight is 348 g/mol. The Hall–Kier alpha value is -2.43. The fourth-order valence-electron chi connectivity index (χ4n) is 3.72. The van der Waals surface area contributed by atoms with Gasteiger partial charge in [0.2, 0.25) is 0 Å². The Balaban J connectivity index is 1.79. The van der Waals surface area contributed by atoms with Crippen molar-refractivity contribution >= 4 is 10.9 Å². The molecule has 4 rings (SSSR count). The van der Waals surface area contributed by atoms with E-state index in [9.17, 15) is 5.11 Å². The SMILES string of the molecule is COc1ccc(-c2cc([C@@H](O)[C@H]3CCCCN3)c3ccccc3n2)cc1. The number of pyridine rings is 1. The fourth-order valence-corrected chi connectivity index (χ4v) is 3.72. The Morgan fingerprint density at radius 2 is 1.92 bits per heavy atom. The van der Waals surface area contributed by atoms with Crippen molar-refractivity contribution in [3.63, 3.8) is 0 Å². The molecule has 2 aromatic carbocycles. The summed E-state index contributed by atoms with van der Waals surface area (Å²) >= 11 is 0. The van der Waals surface area contributed by atoms with Gasteiger partial charge in [-0.2, -0.15) is 0 Å². The largest absolute Gasteiger partial charge is 0.497 e. The maximum Gasteiger partial charge on any atom is 0.118 e. The molecule has 4 heteroatoms. The van der Waals surface area contributed by atoms with E-state index in [4.69, 9.17) is 9.72 Å². The molecule has 1 aliphatic rings. The van der Waals surface area contributed by atoms with Gasteiger partial charge in [-0.1, -0.05) is 24.6 Å². The van der Waals surface area contributed by atoms with E-state index in [2.05, 4.69) is 5.32 Å². The molecule has 0 radical (unpaired) electrons. The summed E-state index contributed by atoms with van der Waals surface area (Å²) in [5.74, 6) is 0.821. The first-order valence-corrected chi connectivity index (χ1v) is 9.22. The van der Waals surface area contributed by atoms with E-state index >= 15 is 0 Å². The maximum absolute atomic E-state index is 11.1. The number of methoxy groups -OCH3 is 1. The van der Waals surface area contributed by atoms with Gasteiger partial charge in [-0.3, -0.25) is 0 Å². The van der Waals surface area contributed by atoms with Gasteiger partial charge in [0, 0.05) is 17.0 Å². The summed E-state index contributed by atoms with van der Waals surface area (Å²) in [6.07, 6.45) is 2.79. The molecule has 0 saturated carbocycles. The molecule has 2 atom stereocenters. The molecule has 0 aliphatic carbocycles. The van der Waals surface area contributed by atoms with E-state index in [1.54, 1.807) is 7.11 Å². The first-order chi connectivity index (χ1) is 12.8. The van der Waals surface area contributed by atoms with Crippen LogP contribution in [0.1, 0.15) is 30.9 Å². The highest BCUT2D eigenvalue weighted by molar-refractivity contribution is 5.85. The predicted molar refractivity (Wildman–Crippen MR) is 104 cm³/mol. The topological polar surface area (TPSA) is 54.4 Å². The highest BCUT2D eigenvalue weighted by Crippen LogP contribution is 2.32. The van der Waals surface area contributed by atoms with Gasteiger partial charge in [-0.25, -0.2) is 4.98 Å².